The van der Waals surface area contributed by atoms with Crippen molar-refractivity contribution < 1.29 is 28.6 Å². The van der Waals surface area contributed by atoms with Crippen LogP contribution in [-0.4, -0.2) is 42.0 Å². The number of nitrogens with zero attached hydrogens (tertiary/aromatic N) is 2. The summed E-state index contributed by atoms with van der Waals surface area (Å²) in [6.07, 6.45) is 1.87. The molecule has 1 atom stereocenters. The third kappa shape index (κ3) is 7.48. The molecule has 0 radical (unpaired) electrons. The largest absolute Gasteiger partial charge is 0.496 e. The minimum absolute atomic E-state index is 0.146. The maximum absolute atomic E-state index is 12.5. The number of nitrogens with one attached hydrogen (secondary N) is 3. The number of aliphatic hydroxyl groups excluding tert-OH is 1. The van der Waals surface area contributed by atoms with E-state index < -0.39 is 18.2 Å². The van der Waals surface area contributed by atoms with E-state index in [1.54, 1.807) is 48.7 Å². The Morgan fingerprint density at radius 3 is 2.69 bits per heavy atom. The van der Waals surface area contributed by atoms with Crippen LogP contribution < -0.4 is 20.7 Å². The zero-order valence-corrected chi connectivity index (χ0v) is 19.0. The number of urea groups is 1. The summed E-state index contributed by atoms with van der Waals surface area (Å²) in [6.45, 7) is -0.217. The summed E-state index contributed by atoms with van der Waals surface area (Å²) >= 11 is 0. The van der Waals surface area contributed by atoms with Gasteiger partial charge in [0.1, 0.15) is 11.9 Å². The van der Waals surface area contributed by atoms with E-state index in [2.05, 4.69) is 20.9 Å². The van der Waals surface area contributed by atoms with Crippen molar-refractivity contribution in [3.05, 3.63) is 60.6 Å². The first-order valence-electron chi connectivity index (χ1n) is 10.7. The molecule has 0 fully saturated rings. The van der Waals surface area contributed by atoms with Gasteiger partial charge in [0, 0.05) is 30.4 Å². The van der Waals surface area contributed by atoms with E-state index in [-0.39, 0.29) is 26.0 Å². The number of carbonyl (C=O) groups is 2. The molecule has 0 aliphatic heterocycles. The number of oxazole rings is 1. The van der Waals surface area contributed by atoms with Gasteiger partial charge in [0.2, 0.25) is 0 Å². The summed E-state index contributed by atoms with van der Waals surface area (Å²) in [5.74, 6) is 1.05. The summed E-state index contributed by atoms with van der Waals surface area (Å²) in [5, 5.41) is 25.9. The maximum Gasteiger partial charge on any atom is 0.407 e. The summed E-state index contributed by atoms with van der Waals surface area (Å²) in [7, 11) is 1.52. The average molecular weight is 479 g/mol. The van der Waals surface area contributed by atoms with Crippen LogP contribution in [0.5, 0.6) is 5.75 Å². The van der Waals surface area contributed by atoms with Crippen LogP contribution in [0.3, 0.4) is 0 Å². The first-order chi connectivity index (χ1) is 17.0. The van der Waals surface area contributed by atoms with Crippen molar-refractivity contribution in [1.82, 2.24) is 10.3 Å². The molecular weight excluding hydrogens is 454 g/mol. The first-order valence-corrected chi connectivity index (χ1v) is 10.7. The lowest BCUT2D eigenvalue weighted by atomic mass is 10.1. The standard InChI is InChI=1S/C24H25N5O6/c1-33-21-11-18(7-8-20(21)22-13-26-15-34-22)29-23(31)28-17-5-2-4-16(10-17)12-27-24(32)35-19(14-30)6-3-9-25/h2,4-5,7-8,10-11,13,15,19,30H,3,6,12,14H2,1H3,(H,27,32)(H2,28,29,31)/t19-/m0/s1. The number of anilines is 2. The zero-order valence-electron chi connectivity index (χ0n) is 19.0. The summed E-state index contributed by atoms with van der Waals surface area (Å²) in [6, 6.07) is 13.5. The second kappa shape index (κ2) is 12.6. The summed E-state index contributed by atoms with van der Waals surface area (Å²) in [5.41, 5.74) is 2.45. The molecular formula is C24H25N5O6. The molecule has 0 saturated carbocycles. The van der Waals surface area contributed by atoms with Gasteiger partial charge in [-0.1, -0.05) is 12.1 Å². The van der Waals surface area contributed by atoms with Gasteiger partial charge in [0.25, 0.3) is 0 Å². The average Bonchev–Trinajstić information content (AvgIpc) is 3.40. The van der Waals surface area contributed by atoms with Gasteiger partial charge < -0.3 is 34.9 Å². The van der Waals surface area contributed by atoms with Crippen LogP contribution in [0.15, 0.2) is 59.5 Å². The number of hydrogen-bond donors (Lipinski definition) is 4. The topological polar surface area (TPSA) is 159 Å². The molecule has 3 aromatic rings. The van der Waals surface area contributed by atoms with E-state index in [1.165, 1.54) is 13.5 Å². The molecule has 2 aromatic carbocycles. The molecule has 0 unspecified atom stereocenters. The van der Waals surface area contributed by atoms with Crippen molar-refractivity contribution in [2.24, 2.45) is 0 Å². The van der Waals surface area contributed by atoms with Crippen molar-refractivity contribution in [2.75, 3.05) is 24.4 Å². The second-order valence-electron chi connectivity index (χ2n) is 7.32. The van der Waals surface area contributed by atoms with E-state index in [0.29, 0.717) is 28.4 Å². The molecule has 11 nitrogen and oxygen atoms in total. The maximum atomic E-state index is 12.5. The molecule has 0 bridgehead atoms. The van der Waals surface area contributed by atoms with Gasteiger partial charge >= 0.3 is 12.1 Å². The van der Waals surface area contributed by atoms with E-state index in [0.717, 1.165) is 5.56 Å². The molecule has 11 heteroatoms. The number of methoxy groups -OCH3 is 1. The molecule has 0 aliphatic carbocycles. The summed E-state index contributed by atoms with van der Waals surface area (Å²) in [4.78, 5) is 28.3. The van der Waals surface area contributed by atoms with Gasteiger partial charge in [-0.05, 0) is 36.2 Å². The van der Waals surface area contributed by atoms with Crippen LogP contribution in [0.25, 0.3) is 11.3 Å². The Bertz CT molecular complexity index is 1180. The molecule has 3 rings (SSSR count). The summed E-state index contributed by atoms with van der Waals surface area (Å²) < 4.78 is 15.8. The smallest absolute Gasteiger partial charge is 0.407 e. The predicted octanol–water partition coefficient (Wildman–Crippen LogP) is 3.89. The van der Waals surface area contributed by atoms with Crippen LogP contribution in [0, 0.1) is 11.3 Å². The number of amides is 3. The molecule has 1 heterocycles. The lowest BCUT2D eigenvalue weighted by Crippen LogP contribution is -2.30. The van der Waals surface area contributed by atoms with Gasteiger partial charge in [-0.25, -0.2) is 14.6 Å². The van der Waals surface area contributed by atoms with Crippen molar-refractivity contribution in [3.63, 3.8) is 0 Å². The molecule has 4 N–H and O–H groups in total. The van der Waals surface area contributed by atoms with Crippen LogP contribution in [-0.2, 0) is 11.3 Å². The Kier molecular flexibility index (Phi) is 9.04. The van der Waals surface area contributed by atoms with Crippen LogP contribution in [0.1, 0.15) is 18.4 Å². The SMILES string of the molecule is COc1cc(NC(=O)Nc2cccc(CNC(=O)O[C@H](CO)CCC#N)c2)ccc1-c1cnco1. The molecule has 1 aromatic heterocycles. The highest BCUT2D eigenvalue weighted by molar-refractivity contribution is 6.00. The van der Waals surface area contributed by atoms with E-state index in [9.17, 15) is 14.7 Å². The van der Waals surface area contributed by atoms with Crippen molar-refractivity contribution in [2.45, 2.75) is 25.5 Å². The van der Waals surface area contributed by atoms with Gasteiger partial charge in [-0.2, -0.15) is 5.26 Å². The fourth-order valence-electron chi connectivity index (χ4n) is 3.15. The quantitative estimate of drug-likeness (QED) is 0.341. The Hall–Kier alpha value is -4.56. The number of nitriles is 1. The highest BCUT2D eigenvalue weighted by Gasteiger charge is 2.14. The molecule has 182 valence electrons. The fourth-order valence-corrected chi connectivity index (χ4v) is 3.15. The molecule has 0 aliphatic rings. The molecule has 3 amide bonds. The van der Waals surface area contributed by atoms with Gasteiger partial charge in [-0.15, -0.1) is 0 Å². The number of benzene rings is 2. The minimum atomic E-state index is -0.741. The van der Waals surface area contributed by atoms with Crippen molar-refractivity contribution in [1.29, 1.82) is 5.26 Å². The number of rotatable bonds is 10. The highest BCUT2D eigenvalue weighted by atomic mass is 16.6. The third-order valence-electron chi connectivity index (χ3n) is 4.83. The van der Waals surface area contributed by atoms with Gasteiger partial charge in [0.05, 0.1) is 31.5 Å². The lowest BCUT2D eigenvalue weighted by molar-refractivity contribution is 0.0533. The van der Waals surface area contributed by atoms with Crippen LogP contribution >= 0.6 is 0 Å². The number of aliphatic hydroxyl groups is 1. The lowest BCUT2D eigenvalue weighted by Gasteiger charge is -2.15. The first kappa shape index (κ1) is 25.1. The van der Waals surface area contributed by atoms with Crippen LogP contribution in [0.2, 0.25) is 0 Å². The number of carbonyl (C=O) groups excluding carboxylic acids is 2. The van der Waals surface area contributed by atoms with Crippen LogP contribution in [0.4, 0.5) is 21.0 Å². The Morgan fingerprint density at radius 1 is 1.20 bits per heavy atom. The van der Waals surface area contributed by atoms with E-state index in [4.69, 9.17) is 19.2 Å². The third-order valence-corrected chi connectivity index (χ3v) is 4.83. The molecule has 0 saturated heterocycles. The number of ether oxygens (including phenoxy) is 2. The van der Waals surface area contributed by atoms with E-state index >= 15 is 0 Å². The van der Waals surface area contributed by atoms with Crippen molar-refractivity contribution in [3.8, 4) is 23.1 Å². The Morgan fingerprint density at radius 2 is 2.00 bits per heavy atom. The number of alkyl carbamates (subject to hydrolysis) is 1. The van der Waals surface area contributed by atoms with Gasteiger partial charge in [0.15, 0.2) is 12.2 Å². The minimum Gasteiger partial charge on any atom is -0.496 e. The number of hydrogen-bond acceptors (Lipinski definition) is 8. The molecule has 35 heavy (non-hydrogen) atoms. The van der Waals surface area contributed by atoms with Crippen molar-refractivity contribution >= 4 is 23.5 Å². The Balaban J connectivity index is 1.54. The Labute approximate surface area is 201 Å². The zero-order chi connectivity index (χ0) is 25.0. The number of aromatic nitrogens is 1. The monoisotopic (exact) mass is 479 g/mol. The fraction of sp³-hybridized carbons (Fsp3) is 0.250. The van der Waals surface area contributed by atoms with Gasteiger partial charge in [-0.3, -0.25) is 0 Å². The highest BCUT2D eigenvalue weighted by Crippen LogP contribution is 2.32. The second-order valence-corrected chi connectivity index (χ2v) is 7.32. The molecule has 0 spiro atoms. The predicted molar refractivity (Wildman–Crippen MR) is 127 cm³/mol. The van der Waals surface area contributed by atoms with E-state index in [1.807, 2.05) is 6.07 Å². The normalized spacial score (nSPS) is 11.1.